The second-order valence-electron chi connectivity index (χ2n) is 15.4. The van der Waals surface area contributed by atoms with Crippen LogP contribution in [0.2, 0.25) is 17.3 Å². The molecule has 0 spiro atoms. The largest absolute Gasteiger partial charge is 0 e. The number of nitrogens with zero attached hydrogens (tertiary/aromatic N) is 2. The Morgan fingerprint density at radius 3 is 2.23 bits per heavy atom. The van der Waals surface area contributed by atoms with Crippen molar-refractivity contribution in [3.8, 4) is 33.6 Å². The standard InChI is InChI=1S/C33H32NS.C14H16GeN.Ir/c1-21-16-22(2)32(23(3)17-21)26-12-13-27-28-10-7-11-29(33(28)35-31(27)20-26)30-19-25(14-15-34-30)18-24-8-5-4-6-9-24;1-15(2,3)13-9-10-14(16-11-13)12-7-5-4-6-8-12;/h7,10,12-17,19-20,24H,4-6,8-9,18H2,1-3H3;4-7,9-11H,1-3H3;/q2*-1;. The fourth-order valence-corrected chi connectivity index (χ4v) is 11.2. The van der Waals surface area contributed by atoms with Gasteiger partial charge in [0.25, 0.3) is 0 Å². The summed E-state index contributed by atoms with van der Waals surface area (Å²) >= 11 is 0.161. The van der Waals surface area contributed by atoms with Crippen LogP contribution in [0.3, 0.4) is 0 Å². The molecule has 5 heteroatoms. The zero-order valence-corrected chi connectivity index (χ0v) is 36.6. The average Bonchev–Trinajstić information content (AvgIpc) is 3.50. The van der Waals surface area contributed by atoms with E-state index >= 15 is 0 Å². The maximum Gasteiger partial charge on any atom is 0 e. The van der Waals surface area contributed by atoms with Crippen molar-refractivity contribution >= 4 is 49.2 Å². The van der Waals surface area contributed by atoms with Crippen molar-refractivity contribution in [1.82, 2.24) is 9.97 Å². The van der Waals surface area contributed by atoms with E-state index in [1.54, 1.807) is 0 Å². The summed E-state index contributed by atoms with van der Waals surface area (Å²) in [5, 5.41) is 2.63. The maximum atomic E-state index is 4.80. The first-order chi connectivity index (χ1) is 24.6. The van der Waals surface area contributed by atoms with E-state index in [1.165, 1.54) is 96.5 Å². The van der Waals surface area contributed by atoms with E-state index in [-0.39, 0.29) is 20.1 Å². The molecule has 3 aromatic heterocycles. The molecule has 267 valence electrons. The van der Waals surface area contributed by atoms with Crippen LogP contribution < -0.4 is 4.40 Å². The molecule has 7 aromatic rings. The van der Waals surface area contributed by atoms with Gasteiger partial charge in [0.1, 0.15) is 0 Å². The molecule has 1 fully saturated rings. The van der Waals surface area contributed by atoms with Crippen LogP contribution in [-0.2, 0) is 26.5 Å². The summed E-state index contributed by atoms with van der Waals surface area (Å²) in [5.74, 6) is 7.97. The van der Waals surface area contributed by atoms with Crippen molar-refractivity contribution in [2.75, 3.05) is 0 Å². The summed E-state index contributed by atoms with van der Waals surface area (Å²) in [6.07, 6.45) is 12.1. The topological polar surface area (TPSA) is 25.8 Å². The number of aryl methyl sites for hydroxylation is 3. The Hall–Kier alpha value is -3.41. The van der Waals surface area contributed by atoms with Gasteiger partial charge in [-0.05, 0) is 83.3 Å². The van der Waals surface area contributed by atoms with E-state index in [4.69, 9.17) is 4.98 Å². The summed E-state index contributed by atoms with van der Waals surface area (Å²) in [6, 6.07) is 39.4. The van der Waals surface area contributed by atoms with Gasteiger partial charge in [0.15, 0.2) is 0 Å². The Kier molecular flexibility index (Phi) is 12.3. The van der Waals surface area contributed by atoms with Gasteiger partial charge >= 0.3 is 99.8 Å². The van der Waals surface area contributed by atoms with Crippen molar-refractivity contribution < 1.29 is 20.1 Å². The molecule has 0 atom stereocenters. The summed E-state index contributed by atoms with van der Waals surface area (Å²) < 4.78 is 4.06. The quantitative estimate of drug-likeness (QED) is 0.123. The number of aromatic nitrogens is 2. The van der Waals surface area contributed by atoms with E-state index in [0.717, 1.165) is 28.4 Å². The Morgan fingerprint density at radius 1 is 0.750 bits per heavy atom. The van der Waals surface area contributed by atoms with Gasteiger partial charge in [-0.3, -0.25) is 0 Å². The third kappa shape index (κ3) is 8.69. The molecule has 4 aromatic carbocycles. The third-order valence-electron chi connectivity index (χ3n) is 10.3. The van der Waals surface area contributed by atoms with Crippen molar-refractivity contribution in [1.29, 1.82) is 0 Å². The number of fused-ring (bicyclic) bond motifs is 3. The molecule has 1 aliphatic carbocycles. The molecule has 52 heavy (non-hydrogen) atoms. The molecule has 3 heterocycles. The SMILES string of the molecule is Cc1cc(C)c(-c2ccc3c(c2)sc2c(-c4cc(CC5CCCCC5)ccn4)[c-]ccc23)c(C)c1.[CH3][Ge]([CH3])([CH3])[c]1ccc(-c2[c-]cccc2)nc1.[Ir]. The van der Waals surface area contributed by atoms with Crippen molar-refractivity contribution in [3.63, 3.8) is 0 Å². The zero-order valence-electron chi connectivity index (χ0n) is 31.3. The summed E-state index contributed by atoms with van der Waals surface area (Å²) in [4.78, 5) is 9.33. The van der Waals surface area contributed by atoms with Crippen molar-refractivity contribution in [2.45, 2.75) is 76.6 Å². The van der Waals surface area contributed by atoms with Crippen LogP contribution in [0.25, 0.3) is 53.8 Å². The Bertz CT molecular complexity index is 2260. The third-order valence-corrected chi connectivity index (χ3v) is 15.8. The first kappa shape index (κ1) is 38.3. The maximum absolute atomic E-state index is 4.80. The first-order valence-electron chi connectivity index (χ1n) is 18.5. The van der Waals surface area contributed by atoms with Gasteiger partial charge in [0.2, 0.25) is 0 Å². The summed E-state index contributed by atoms with van der Waals surface area (Å²) in [7, 11) is 0. The van der Waals surface area contributed by atoms with Crippen LogP contribution in [0.1, 0.15) is 54.4 Å². The second-order valence-corrected chi connectivity index (χ2v) is 27.1. The minimum absolute atomic E-state index is 0. The number of pyridine rings is 2. The van der Waals surface area contributed by atoms with Crippen LogP contribution in [-0.4, -0.2) is 23.2 Å². The normalized spacial score (nSPS) is 13.4. The molecule has 0 amide bonds. The van der Waals surface area contributed by atoms with Crippen LogP contribution in [0.15, 0.2) is 103 Å². The summed E-state index contributed by atoms with van der Waals surface area (Å²) in [5.41, 5.74) is 12.4. The van der Waals surface area contributed by atoms with Gasteiger partial charge in [0, 0.05) is 31.0 Å². The first-order valence-corrected chi connectivity index (χ1v) is 26.6. The fourth-order valence-electron chi connectivity index (χ4n) is 7.73. The minimum atomic E-state index is -1.72. The molecule has 1 aliphatic rings. The minimum Gasteiger partial charge on any atom is 0 e. The predicted molar refractivity (Wildman–Crippen MR) is 223 cm³/mol. The smallest absolute Gasteiger partial charge is 0 e. The molecule has 2 nitrogen and oxygen atoms in total. The number of rotatable bonds is 6. The molecular formula is C47H48GeIrN2S-2. The molecule has 8 rings (SSSR count). The molecule has 0 unspecified atom stereocenters. The van der Waals surface area contributed by atoms with Gasteiger partial charge < -0.3 is 4.98 Å². The van der Waals surface area contributed by atoms with Gasteiger partial charge in [0.05, 0.1) is 0 Å². The second kappa shape index (κ2) is 16.7. The Balaban J connectivity index is 0.000000230. The molecule has 0 N–H and O–H groups in total. The molecule has 0 bridgehead atoms. The number of hydrogen-bond donors (Lipinski definition) is 0. The van der Waals surface area contributed by atoms with Crippen LogP contribution in [0.5, 0.6) is 0 Å². The fraction of sp³-hybridized carbons (Fsp3) is 0.277. The Labute approximate surface area is 330 Å². The van der Waals surface area contributed by atoms with E-state index in [9.17, 15) is 0 Å². The molecular weight excluding hydrogens is 889 g/mol. The van der Waals surface area contributed by atoms with Crippen molar-refractivity contribution in [3.05, 3.63) is 138 Å². The van der Waals surface area contributed by atoms with Crippen LogP contribution in [0, 0.1) is 38.8 Å². The number of thiophene rings is 1. The van der Waals surface area contributed by atoms with Crippen LogP contribution >= 0.6 is 11.3 Å². The summed E-state index contributed by atoms with van der Waals surface area (Å²) in [6.45, 7) is 6.63. The van der Waals surface area contributed by atoms with Gasteiger partial charge in [-0.15, -0.1) is 23.8 Å². The predicted octanol–water partition coefficient (Wildman–Crippen LogP) is 12.7. The zero-order chi connectivity index (χ0) is 35.5. The Morgan fingerprint density at radius 2 is 1.54 bits per heavy atom. The van der Waals surface area contributed by atoms with E-state index in [0.29, 0.717) is 0 Å². The number of benzene rings is 4. The molecule has 0 aliphatic heterocycles. The van der Waals surface area contributed by atoms with Crippen molar-refractivity contribution in [2.24, 2.45) is 5.92 Å². The van der Waals surface area contributed by atoms with E-state index in [2.05, 4.69) is 122 Å². The van der Waals surface area contributed by atoms with Gasteiger partial charge in [-0.2, -0.15) is 11.3 Å². The molecule has 1 saturated carbocycles. The van der Waals surface area contributed by atoms with Gasteiger partial charge in [-0.25, -0.2) is 0 Å². The van der Waals surface area contributed by atoms with E-state index in [1.807, 2.05) is 48.0 Å². The number of hydrogen-bond acceptors (Lipinski definition) is 3. The van der Waals surface area contributed by atoms with E-state index < -0.39 is 13.3 Å². The average molecular weight is 938 g/mol. The van der Waals surface area contributed by atoms with Gasteiger partial charge in [-0.1, -0.05) is 78.9 Å². The van der Waals surface area contributed by atoms with Crippen LogP contribution in [0.4, 0.5) is 0 Å². The molecule has 1 radical (unpaired) electrons. The monoisotopic (exact) mass is 939 g/mol. The molecule has 0 saturated heterocycles.